The summed E-state index contributed by atoms with van der Waals surface area (Å²) in [7, 11) is 0. The van der Waals surface area contributed by atoms with Gasteiger partial charge in [0.15, 0.2) is 5.78 Å². The van der Waals surface area contributed by atoms with Crippen molar-refractivity contribution in [2.75, 3.05) is 13.2 Å². The smallest absolute Gasteiger partial charge is 0.413 e. The molecule has 0 atom stereocenters. The van der Waals surface area contributed by atoms with Gasteiger partial charge in [-0.2, -0.15) is 0 Å². The SMILES string of the molecule is CCOC(=O)NC(N)=Nc1ccc2c(c1)C(=O)c1cc(N=C(N)NC(=O)OCC)ccc1-2. The number of aliphatic imine (C=N–C) groups is 2. The average Bonchev–Trinajstić information content (AvgIpc) is 2.99. The van der Waals surface area contributed by atoms with E-state index in [9.17, 15) is 14.4 Å². The van der Waals surface area contributed by atoms with Crippen LogP contribution in [0.2, 0.25) is 0 Å². The molecule has 0 unspecified atom stereocenters. The third kappa shape index (κ3) is 5.01. The summed E-state index contributed by atoms with van der Waals surface area (Å²) in [6.45, 7) is 3.72. The fourth-order valence-electron chi connectivity index (χ4n) is 3.07. The van der Waals surface area contributed by atoms with Crippen molar-refractivity contribution in [2.45, 2.75) is 13.8 Å². The van der Waals surface area contributed by atoms with Crippen molar-refractivity contribution in [1.29, 1.82) is 0 Å². The van der Waals surface area contributed by atoms with E-state index in [0.717, 1.165) is 11.1 Å². The molecule has 0 saturated heterocycles. The highest BCUT2D eigenvalue weighted by Gasteiger charge is 2.27. The molecule has 0 heterocycles. The monoisotopic (exact) mass is 438 g/mol. The first-order chi connectivity index (χ1) is 15.3. The van der Waals surface area contributed by atoms with Gasteiger partial charge < -0.3 is 20.9 Å². The van der Waals surface area contributed by atoms with Gasteiger partial charge in [-0.15, -0.1) is 0 Å². The Morgan fingerprint density at radius 1 is 0.781 bits per heavy atom. The lowest BCUT2D eigenvalue weighted by Crippen LogP contribution is -2.36. The summed E-state index contributed by atoms with van der Waals surface area (Å²) in [5.41, 5.74) is 14.5. The van der Waals surface area contributed by atoms with E-state index in [4.69, 9.17) is 20.9 Å². The number of hydrogen-bond donors (Lipinski definition) is 4. The Balaban J connectivity index is 1.82. The summed E-state index contributed by atoms with van der Waals surface area (Å²) in [5.74, 6) is -0.543. The molecule has 11 heteroatoms. The summed E-state index contributed by atoms with van der Waals surface area (Å²) < 4.78 is 9.48. The first-order valence-corrected chi connectivity index (χ1v) is 9.71. The molecule has 1 aliphatic rings. The highest BCUT2D eigenvalue weighted by Crippen LogP contribution is 2.39. The van der Waals surface area contributed by atoms with Gasteiger partial charge in [0.1, 0.15) is 0 Å². The molecule has 0 bridgehead atoms. The van der Waals surface area contributed by atoms with E-state index in [1.807, 2.05) is 0 Å². The Morgan fingerprint density at radius 2 is 1.19 bits per heavy atom. The van der Waals surface area contributed by atoms with Gasteiger partial charge in [-0.3, -0.25) is 15.4 Å². The van der Waals surface area contributed by atoms with E-state index >= 15 is 0 Å². The summed E-state index contributed by atoms with van der Waals surface area (Å²) in [4.78, 5) is 44.0. The number of hydrogen-bond acceptors (Lipinski definition) is 7. The summed E-state index contributed by atoms with van der Waals surface area (Å²) >= 11 is 0. The molecule has 2 amide bonds. The number of ketones is 1. The summed E-state index contributed by atoms with van der Waals surface area (Å²) in [6, 6.07) is 10.0. The maximum atomic E-state index is 13.0. The molecule has 3 rings (SSSR count). The Morgan fingerprint density at radius 3 is 1.56 bits per heavy atom. The molecule has 0 saturated carbocycles. The second kappa shape index (κ2) is 9.60. The molecule has 166 valence electrons. The predicted molar refractivity (Wildman–Crippen MR) is 118 cm³/mol. The van der Waals surface area contributed by atoms with Crippen LogP contribution >= 0.6 is 0 Å². The van der Waals surface area contributed by atoms with E-state index < -0.39 is 12.2 Å². The molecular formula is C21H22N6O5. The van der Waals surface area contributed by atoms with Crippen LogP contribution in [0.4, 0.5) is 21.0 Å². The third-order valence-corrected chi connectivity index (χ3v) is 4.30. The Hall–Kier alpha value is -4.41. The zero-order chi connectivity index (χ0) is 23.3. The summed E-state index contributed by atoms with van der Waals surface area (Å²) in [6.07, 6.45) is -1.44. The van der Waals surface area contributed by atoms with Crippen LogP contribution in [-0.2, 0) is 9.47 Å². The van der Waals surface area contributed by atoms with Crippen LogP contribution in [0.3, 0.4) is 0 Å². The molecule has 0 aliphatic heterocycles. The highest BCUT2D eigenvalue weighted by molar-refractivity contribution is 6.22. The van der Waals surface area contributed by atoms with E-state index in [1.165, 1.54) is 0 Å². The Bertz CT molecular complexity index is 1050. The van der Waals surface area contributed by atoms with E-state index in [-0.39, 0.29) is 30.9 Å². The second-order valence-corrected chi connectivity index (χ2v) is 6.47. The third-order valence-electron chi connectivity index (χ3n) is 4.30. The molecule has 6 N–H and O–H groups in total. The van der Waals surface area contributed by atoms with E-state index in [1.54, 1.807) is 50.2 Å². The number of ether oxygens (including phenoxy) is 2. The maximum Gasteiger partial charge on any atom is 0.413 e. The Labute approximate surface area is 183 Å². The van der Waals surface area contributed by atoms with E-state index in [2.05, 4.69) is 20.6 Å². The highest BCUT2D eigenvalue weighted by atomic mass is 16.6. The minimum atomic E-state index is -0.719. The second-order valence-electron chi connectivity index (χ2n) is 6.47. The molecule has 2 aromatic carbocycles. The van der Waals surface area contributed by atoms with Gasteiger partial charge in [0.2, 0.25) is 11.9 Å². The number of rotatable bonds is 4. The van der Waals surface area contributed by atoms with Crippen molar-refractivity contribution in [3.63, 3.8) is 0 Å². The molecule has 32 heavy (non-hydrogen) atoms. The van der Waals surface area contributed by atoms with Crippen molar-refractivity contribution in [3.8, 4) is 11.1 Å². The predicted octanol–water partition coefficient (Wildman–Crippen LogP) is 2.28. The largest absolute Gasteiger partial charge is 0.450 e. The topological polar surface area (TPSA) is 170 Å². The zero-order valence-corrected chi connectivity index (χ0v) is 17.5. The number of nitrogens with zero attached hydrogens (tertiary/aromatic N) is 2. The number of fused-ring (bicyclic) bond motifs is 3. The van der Waals surface area contributed by atoms with Crippen molar-refractivity contribution in [1.82, 2.24) is 10.6 Å². The number of nitrogens with one attached hydrogen (secondary N) is 2. The lowest BCUT2D eigenvalue weighted by atomic mass is 10.1. The first kappa shape index (κ1) is 22.3. The molecule has 0 spiro atoms. The van der Waals surface area contributed by atoms with Crippen molar-refractivity contribution in [3.05, 3.63) is 47.5 Å². The first-order valence-electron chi connectivity index (χ1n) is 9.71. The van der Waals surface area contributed by atoms with Crippen molar-refractivity contribution in [2.24, 2.45) is 21.5 Å². The number of carbonyl (C=O) groups excluding carboxylic acids is 3. The molecule has 0 aromatic heterocycles. The van der Waals surface area contributed by atoms with Gasteiger partial charge in [0, 0.05) is 11.1 Å². The fourth-order valence-corrected chi connectivity index (χ4v) is 3.07. The molecule has 1 aliphatic carbocycles. The molecule has 11 nitrogen and oxygen atoms in total. The number of nitrogens with two attached hydrogens (primary N) is 2. The van der Waals surface area contributed by atoms with Gasteiger partial charge in [-0.05, 0) is 49.2 Å². The van der Waals surface area contributed by atoms with Crippen LogP contribution in [0.5, 0.6) is 0 Å². The number of carbonyl (C=O) groups is 3. The fraction of sp³-hybridized carbons (Fsp3) is 0.190. The van der Waals surface area contributed by atoms with Gasteiger partial charge in [0.25, 0.3) is 0 Å². The molecule has 0 radical (unpaired) electrons. The van der Waals surface area contributed by atoms with Crippen LogP contribution in [0.15, 0.2) is 46.4 Å². The zero-order valence-electron chi connectivity index (χ0n) is 17.5. The van der Waals surface area contributed by atoms with Crippen LogP contribution in [0.25, 0.3) is 11.1 Å². The number of alkyl carbamates (subject to hydrolysis) is 2. The van der Waals surface area contributed by atoms with Gasteiger partial charge in [0.05, 0.1) is 24.6 Å². The number of amides is 2. The minimum Gasteiger partial charge on any atom is -0.450 e. The van der Waals surface area contributed by atoms with Gasteiger partial charge in [-0.1, -0.05) is 12.1 Å². The lowest BCUT2D eigenvalue weighted by Gasteiger charge is -2.05. The van der Waals surface area contributed by atoms with Gasteiger partial charge >= 0.3 is 12.2 Å². The summed E-state index contributed by atoms with van der Waals surface area (Å²) in [5, 5.41) is 4.58. The minimum absolute atomic E-state index is 0.160. The van der Waals surface area contributed by atoms with Crippen molar-refractivity contribution < 1.29 is 23.9 Å². The molecular weight excluding hydrogens is 416 g/mol. The van der Waals surface area contributed by atoms with Gasteiger partial charge in [-0.25, -0.2) is 19.6 Å². The van der Waals surface area contributed by atoms with Crippen LogP contribution in [0, 0.1) is 0 Å². The van der Waals surface area contributed by atoms with Crippen LogP contribution in [-0.4, -0.2) is 43.1 Å². The maximum absolute atomic E-state index is 13.0. The van der Waals surface area contributed by atoms with Crippen molar-refractivity contribution >= 4 is 41.3 Å². The number of guanidine groups is 2. The lowest BCUT2D eigenvalue weighted by molar-refractivity contribution is 0.104. The van der Waals surface area contributed by atoms with Crippen LogP contribution in [0.1, 0.15) is 29.8 Å². The normalized spacial score (nSPS) is 12.6. The quantitative estimate of drug-likeness (QED) is 0.357. The van der Waals surface area contributed by atoms with E-state index in [0.29, 0.717) is 22.5 Å². The average molecular weight is 438 g/mol. The molecule has 2 aromatic rings. The van der Waals surface area contributed by atoms with Crippen LogP contribution < -0.4 is 22.1 Å². The number of benzene rings is 2. The standard InChI is InChI=1S/C21H22N6O5/c1-3-31-20(29)26-18(22)24-11-5-7-13-14-8-6-12(10-16(14)17(28)15(13)9-11)25-19(23)27-21(30)32-4-2/h5-10H,3-4H2,1-2H3,(H3,22,24,26,29)(H3,23,25,27,30). The Kier molecular flexibility index (Phi) is 6.68. The molecule has 0 fully saturated rings.